The summed E-state index contributed by atoms with van der Waals surface area (Å²) in [4.78, 5) is 12.2. The third-order valence-corrected chi connectivity index (χ3v) is 9.82. The summed E-state index contributed by atoms with van der Waals surface area (Å²) in [5.74, 6) is 0.218. The van der Waals surface area contributed by atoms with Crippen molar-refractivity contribution in [3.05, 3.63) is 12.7 Å². The topological polar surface area (TPSA) is 108 Å². The molecule has 1 aliphatic heterocycles. The molecule has 0 amide bonds. The van der Waals surface area contributed by atoms with Crippen molar-refractivity contribution >= 4 is 25.3 Å². The molecule has 0 aromatic carbocycles. The Balaban J connectivity index is 1.92. The van der Waals surface area contributed by atoms with Crippen LogP contribution in [-0.2, 0) is 9.16 Å². The van der Waals surface area contributed by atoms with Gasteiger partial charge in [0.25, 0.3) is 0 Å². The summed E-state index contributed by atoms with van der Waals surface area (Å²) in [7, 11) is -2.25. The number of hydrogen-bond donors (Lipinski definition) is 2. The van der Waals surface area contributed by atoms with Crippen LogP contribution in [0, 0.1) is 0 Å². The first kappa shape index (κ1) is 19.1. The summed E-state index contributed by atoms with van der Waals surface area (Å²) in [6.45, 7) is 9.99. The molecule has 0 aliphatic carbocycles. The number of nitrogens with two attached hydrogens (primary N) is 1. The molecule has 0 unspecified atom stereocenters. The van der Waals surface area contributed by atoms with E-state index in [1.54, 1.807) is 0 Å². The molecule has 10 heteroatoms. The monoisotopic (exact) mass is 383 g/mol. The maximum Gasteiger partial charge on any atom is 0.192 e. The summed E-state index contributed by atoms with van der Waals surface area (Å²) in [5.41, 5.74) is 6.56. The summed E-state index contributed by atoms with van der Waals surface area (Å²) < 4.78 is 28.8. The predicted molar refractivity (Wildman–Crippen MR) is 97.7 cm³/mol. The summed E-state index contributed by atoms with van der Waals surface area (Å²) >= 11 is 0. The van der Waals surface area contributed by atoms with Crippen LogP contribution in [0.2, 0.25) is 18.1 Å². The van der Waals surface area contributed by atoms with E-state index in [4.69, 9.17) is 14.9 Å². The number of nitrogens with zero attached hydrogens (tertiary/aromatic N) is 4. The molecule has 4 atom stereocenters. The van der Waals surface area contributed by atoms with Crippen molar-refractivity contribution in [3.63, 3.8) is 0 Å². The average Bonchev–Trinajstić information content (AvgIpc) is 3.09. The van der Waals surface area contributed by atoms with Gasteiger partial charge in [-0.15, -0.1) is 0 Å². The van der Waals surface area contributed by atoms with E-state index in [2.05, 4.69) is 35.7 Å². The number of halogens is 1. The Morgan fingerprint density at radius 3 is 2.65 bits per heavy atom. The molecule has 0 bridgehead atoms. The van der Waals surface area contributed by atoms with Crippen molar-refractivity contribution in [3.8, 4) is 0 Å². The Morgan fingerprint density at radius 1 is 1.35 bits per heavy atom. The van der Waals surface area contributed by atoms with Crippen LogP contribution in [0.4, 0.5) is 10.2 Å². The Hall–Kier alpha value is -1.62. The van der Waals surface area contributed by atoms with E-state index in [0.29, 0.717) is 11.2 Å². The van der Waals surface area contributed by atoms with E-state index < -0.39 is 32.9 Å². The number of aliphatic hydroxyl groups is 1. The number of aliphatic hydroxyl groups excluding tert-OH is 1. The number of anilines is 1. The van der Waals surface area contributed by atoms with Gasteiger partial charge in [0.05, 0.1) is 12.9 Å². The van der Waals surface area contributed by atoms with Gasteiger partial charge in [0, 0.05) is 0 Å². The van der Waals surface area contributed by atoms with Gasteiger partial charge in [-0.25, -0.2) is 19.3 Å². The van der Waals surface area contributed by atoms with Gasteiger partial charge in [-0.1, -0.05) is 20.8 Å². The minimum atomic E-state index is -2.25. The SMILES string of the molecule is CC(C)(C)[Si](C)(C)O[C@H]1[C@@H](F)[C@H](n2cnc3c(N)ncnc32)O[C@@H]1CO. The van der Waals surface area contributed by atoms with Crippen LogP contribution in [0.1, 0.15) is 27.0 Å². The number of hydrogen-bond acceptors (Lipinski definition) is 7. The zero-order valence-corrected chi connectivity index (χ0v) is 16.7. The second-order valence-electron chi connectivity index (χ2n) is 8.12. The van der Waals surface area contributed by atoms with Crippen LogP contribution in [-0.4, -0.2) is 57.9 Å². The van der Waals surface area contributed by atoms with Crippen LogP contribution in [0.5, 0.6) is 0 Å². The van der Waals surface area contributed by atoms with E-state index in [0.717, 1.165) is 0 Å². The fourth-order valence-corrected chi connectivity index (χ4v) is 4.09. The first-order valence-electron chi connectivity index (χ1n) is 8.58. The molecular weight excluding hydrogens is 357 g/mol. The molecule has 2 aromatic heterocycles. The first-order chi connectivity index (χ1) is 12.1. The normalized spacial score (nSPS) is 27.3. The second kappa shape index (κ2) is 6.52. The van der Waals surface area contributed by atoms with E-state index in [9.17, 15) is 5.11 Å². The molecule has 1 fully saturated rings. The third kappa shape index (κ3) is 3.11. The number of imidazole rings is 1. The average molecular weight is 384 g/mol. The molecule has 8 nitrogen and oxygen atoms in total. The van der Waals surface area contributed by atoms with Crippen molar-refractivity contribution in [2.75, 3.05) is 12.3 Å². The van der Waals surface area contributed by atoms with Gasteiger partial charge in [-0.2, -0.15) is 0 Å². The predicted octanol–water partition coefficient (Wildman–Crippen LogP) is 2.03. The van der Waals surface area contributed by atoms with Crippen molar-refractivity contribution in [2.45, 2.75) is 63.5 Å². The highest BCUT2D eigenvalue weighted by molar-refractivity contribution is 6.74. The zero-order chi connectivity index (χ0) is 19.3. The van der Waals surface area contributed by atoms with Crippen LogP contribution >= 0.6 is 0 Å². The van der Waals surface area contributed by atoms with Crippen LogP contribution in [0.3, 0.4) is 0 Å². The summed E-state index contributed by atoms with van der Waals surface area (Å²) in [6.07, 6.45) is -1.37. The smallest absolute Gasteiger partial charge is 0.192 e. The quantitative estimate of drug-likeness (QED) is 0.778. The van der Waals surface area contributed by atoms with Gasteiger partial charge in [0.1, 0.15) is 24.1 Å². The van der Waals surface area contributed by atoms with Gasteiger partial charge in [0.15, 0.2) is 32.2 Å². The van der Waals surface area contributed by atoms with Gasteiger partial charge in [-0.3, -0.25) is 4.57 Å². The maximum absolute atomic E-state index is 15.3. The van der Waals surface area contributed by atoms with E-state index in [1.807, 2.05) is 13.1 Å². The molecular formula is C16H26FN5O3Si. The number of alkyl halides is 1. The standard InChI is InChI=1S/C16H26FN5O3Si/c1-16(2,3)26(4,5)25-12-9(6-23)24-15(10(12)17)22-8-21-11-13(18)19-7-20-14(11)22/h7-10,12,15,23H,6H2,1-5H3,(H2,18,19,20)/t9-,10-,12-,15-/m1/s1. The van der Waals surface area contributed by atoms with Crippen LogP contribution in [0.15, 0.2) is 12.7 Å². The largest absolute Gasteiger partial charge is 0.408 e. The summed E-state index contributed by atoms with van der Waals surface area (Å²) in [6, 6.07) is 0. The fraction of sp³-hybridized carbons (Fsp3) is 0.688. The minimum absolute atomic E-state index is 0.0891. The lowest BCUT2D eigenvalue weighted by atomic mass is 10.1. The molecule has 1 aliphatic rings. The number of fused-ring (bicyclic) bond motifs is 1. The van der Waals surface area contributed by atoms with Crippen molar-refractivity contribution in [1.29, 1.82) is 0 Å². The molecule has 0 saturated carbocycles. The number of aromatic nitrogens is 4. The van der Waals surface area contributed by atoms with E-state index >= 15 is 4.39 Å². The molecule has 0 radical (unpaired) electrons. The molecule has 144 valence electrons. The number of nitrogen functional groups attached to an aromatic ring is 1. The highest BCUT2D eigenvalue weighted by Crippen LogP contribution is 2.42. The fourth-order valence-electron chi connectivity index (χ4n) is 2.78. The van der Waals surface area contributed by atoms with Crippen molar-refractivity contribution < 1.29 is 18.7 Å². The Kier molecular flexibility index (Phi) is 4.80. The van der Waals surface area contributed by atoms with Gasteiger partial charge in [0.2, 0.25) is 0 Å². The zero-order valence-electron chi connectivity index (χ0n) is 15.7. The second-order valence-corrected chi connectivity index (χ2v) is 12.9. The Bertz CT molecular complexity index is 794. The molecule has 26 heavy (non-hydrogen) atoms. The van der Waals surface area contributed by atoms with E-state index in [1.165, 1.54) is 17.2 Å². The molecule has 3 N–H and O–H groups in total. The highest BCUT2D eigenvalue weighted by Gasteiger charge is 2.51. The summed E-state index contributed by atoms with van der Waals surface area (Å²) in [5, 5.41) is 9.61. The third-order valence-electron chi connectivity index (χ3n) is 5.34. The van der Waals surface area contributed by atoms with Crippen LogP contribution < -0.4 is 5.73 Å². The minimum Gasteiger partial charge on any atom is -0.408 e. The van der Waals surface area contributed by atoms with Gasteiger partial charge in [-0.05, 0) is 18.1 Å². The van der Waals surface area contributed by atoms with E-state index in [-0.39, 0.29) is 17.5 Å². The number of rotatable bonds is 4. The van der Waals surface area contributed by atoms with Crippen molar-refractivity contribution in [2.24, 2.45) is 0 Å². The number of ether oxygens (including phenoxy) is 1. The van der Waals surface area contributed by atoms with Crippen molar-refractivity contribution in [1.82, 2.24) is 19.5 Å². The lowest BCUT2D eigenvalue weighted by Gasteiger charge is -2.39. The molecule has 3 heterocycles. The Labute approximate surface area is 152 Å². The molecule has 0 spiro atoms. The van der Waals surface area contributed by atoms with Gasteiger partial charge >= 0.3 is 0 Å². The highest BCUT2D eigenvalue weighted by atomic mass is 28.4. The lowest BCUT2D eigenvalue weighted by Crippen LogP contribution is -2.49. The molecule has 1 saturated heterocycles. The maximum atomic E-state index is 15.3. The molecule has 2 aromatic rings. The lowest BCUT2D eigenvalue weighted by molar-refractivity contribution is -0.0445. The van der Waals surface area contributed by atoms with Gasteiger partial charge < -0.3 is 20.0 Å². The Morgan fingerprint density at radius 2 is 2.04 bits per heavy atom. The van der Waals surface area contributed by atoms with Crippen LogP contribution in [0.25, 0.3) is 11.2 Å². The molecule has 3 rings (SSSR count). The first-order valence-corrected chi connectivity index (χ1v) is 11.5.